The van der Waals surface area contributed by atoms with E-state index >= 15 is 0 Å². The lowest BCUT2D eigenvalue weighted by molar-refractivity contribution is 0.00578. The van der Waals surface area contributed by atoms with Crippen LogP contribution in [0.3, 0.4) is 0 Å². The molecular formula is C22H33BO2. The molecule has 25 heavy (non-hydrogen) atoms. The first-order valence-corrected chi connectivity index (χ1v) is 9.87. The fourth-order valence-electron chi connectivity index (χ4n) is 4.05. The molecule has 1 aliphatic heterocycles. The van der Waals surface area contributed by atoms with Gasteiger partial charge in [0.2, 0.25) is 0 Å². The lowest BCUT2D eigenvalue weighted by Gasteiger charge is -2.35. The maximum absolute atomic E-state index is 6.32. The molecule has 0 atom stereocenters. The molecule has 0 unspecified atom stereocenters. The maximum atomic E-state index is 6.32. The van der Waals surface area contributed by atoms with E-state index in [2.05, 4.69) is 71.9 Å². The van der Waals surface area contributed by atoms with Gasteiger partial charge in [0.15, 0.2) is 0 Å². The van der Waals surface area contributed by atoms with Gasteiger partial charge < -0.3 is 9.31 Å². The Morgan fingerprint density at radius 2 is 1.56 bits per heavy atom. The van der Waals surface area contributed by atoms with Crippen molar-refractivity contribution < 1.29 is 9.31 Å². The summed E-state index contributed by atoms with van der Waals surface area (Å²) >= 11 is 0. The Labute approximate surface area is 154 Å². The number of allylic oxidation sites excluding steroid dienone is 2. The first kappa shape index (κ1) is 18.7. The van der Waals surface area contributed by atoms with Gasteiger partial charge in [-0.3, -0.25) is 0 Å². The van der Waals surface area contributed by atoms with E-state index in [1.807, 2.05) is 0 Å². The molecule has 1 aliphatic carbocycles. The Hall–Kier alpha value is -1.06. The van der Waals surface area contributed by atoms with E-state index < -0.39 is 0 Å². The van der Waals surface area contributed by atoms with Crippen LogP contribution < -0.4 is 5.46 Å². The molecule has 2 nitrogen and oxygen atoms in total. The van der Waals surface area contributed by atoms with Crippen LogP contribution in [-0.2, 0) is 9.31 Å². The second-order valence-corrected chi connectivity index (χ2v) is 8.82. The quantitative estimate of drug-likeness (QED) is 0.687. The highest BCUT2D eigenvalue weighted by Gasteiger charge is 2.52. The van der Waals surface area contributed by atoms with Gasteiger partial charge in [-0.05, 0) is 69.0 Å². The molecule has 1 aromatic carbocycles. The first-order chi connectivity index (χ1) is 11.7. The van der Waals surface area contributed by atoms with Crippen molar-refractivity contribution in [1.82, 2.24) is 0 Å². The van der Waals surface area contributed by atoms with E-state index in [-0.39, 0.29) is 18.3 Å². The van der Waals surface area contributed by atoms with E-state index in [9.17, 15) is 0 Å². The molecule has 0 amide bonds. The third-order valence-corrected chi connectivity index (χ3v) is 7.02. The second kappa shape index (κ2) is 6.59. The maximum Gasteiger partial charge on any atom is 0.495 e. The molecule has 136 valence electrons. The summed E-state index contributed by atoms with van der Waals surface area (Å²) in [5.74, 6) is 0. The van der Waals surface area contributed by atoms with Gasteiger partial charge in [-0.25, -0.2) is 0 Å². The van der Waals surface area contributed by atoms with Gasteiger partial charge in [0.05, 0.1) is 11.2 Å². The standard InChI is InChI=1S/C22H33BO2/c1-7-22(8-2)15-13-17(14-16-22)18-11-9-10-12-19(18)23-24-20(3,4)21(5,6)25-23/h9-13H,7-8,14-16H2,1-6H3. The predicted molar refractivity (Wildman–Crippen MR) is 107 cm³/mol. The van der Waals surface area contributed by atoms with Crippen molar-refractivity contribution >= 4 is 18.2 Å². The fraction of sp³-hybridized carbons (Fsp3) is 0.636. The van der Waals surface area contributed by atoms with Crippen molar-refractivity contribution in [3.05, 3.63) is 35.9 Å². The molecule has 2 aliphatic rings. The SMILES string of the molecule is CCC1(CC)CC=C(c2ccccc2B2OC(C)(C)C(C)(C)O2)CC1. The second-order valence-electron chi connectivity index (χ2n) is 8.82. The third kappa shape index (κ3) is 3.33. The van der Waals surface area contributed by atoms with Crippen LogP contribution in [0.1, 0.15) is 79.2 Å². The van der Waals surface area contributed by atoms with Crippen LogP contribution >= 0.6 is 0 Å². The Balaban J connectivity index is 1.90. The molecule has 0 aromatic heterocycles. The van der Waals surface area contributed by atoms with Crippen LogP contribution in [0.15, 0.2) is 30.3 Å². The molecule has 1 saturated heterocycles. The van der Waals surface area contributed by atoms with E-state index in [1.54, 1.807) is 0 Å². The van der Waals surface area contributed by atoms with Crippen molar-refractivity contribution in [2.75, 3.05) is 0 Å². The lowest BCUT2D eigenvalue weighted by atomic mass is 9.68. The molecule has 0 saturated carbocycles. The number of hydrogen-bond donors (Lipinski definition) is 0. The fourth-order valence-corrected chi connectivity index (χ4v) is 4.05. The van der Waals surface area contributed by atoms with Gasteiger partial charge in [0.25, 0.3) is 0 Å². The molecular weight excluding hydrogens is 307 g/mol. The van der Waals surface area contributed by atoms with Gasteiger partial charge >= 0.3 is 7.12 Å². The topological polar surface area (TPSA) is 18.5 Å². The Morgan fingerprint density at radius 3 is 2.08 bits per heavy atom. The minimum atomic E-state index is -0.300. The van der Waals surface area contributed by atoms with E-state index in [0.717, 1.165) is 6.42 Å². The summed E-state index contributed by atoms with van der Waals surface area (Å²) in [4.78, 5) is 0. The Kier molecular flexibility index (Phi) is 4.94. The van der Waals surface area contributed by atoms with Crippen molar-refractivity contribution in [3.8, 4) is 0 Å². The van der Waals surface area contributed by atoms with Crippen LogP contribution in [-0.4, -0.2) is 18.3 Å². The highest BCUT2D eigenvalue weighted by molar-refractivity contribution is 6.63. The summed E-state index contributed by atoms with van der Waals surface area (Å²) in [7, 11) is -0.286. The number of hydrogen-bond acceptors (Lipinski definition) is 2. The average molecular weight is 340 g/mol. The largest absolute Gasteiger partial charge is 0.495 e. The molecule has 3 heteroatoms. The molecule has 1 aromatic rings. The van der Waals surface area contributed by atoms with Gasteiger partial charge in [0.1, 0.15) is 0 Å². The minimum absolute atomic E-state index is 0.286. The van der Waals surface area contributed by atoms with Crippen molar-refractivity contribution in [2.45, 2.75) is 84.8 Å². The van der Waals surface area contributed by atoms with Crippen molar-refractivity contribution in [3.63, 3.8) is 0 Å². The monoisotopic (exact) mass is 340 g/mol. The molecule has 0 radical (unpaired) electrons. The summed E-state index contributed by atoms with van der Waals surface area (Å²) in [5, 5.41) is 0. The third-order valence-electron chi connectivity index (χ3n) is 7.02. The number of benzene rings is 1. The zero-order chi connectivity index (χ0) is 18.3. The Bertz CT molecular complexity index is 640. The molecule has 0 spiro atoms. The van der Waals surface area contributed by atoms with Crippen molar-refractivity contribution in [1.29, 1.82) is 0 Å². The normalized spacial score (nSPS) is 24.2. The zero-order valence-corrected chi connectivity index (χ0v) is 16.8. The van der Waals surface area contributed by atoms with Gasteiger partial charge in [-0.2, -0.15) is 0 Å². The van der Waals surface area contributed by atoms with Gasteiger partial charge in [0, 0.05) is 0 Å². The van der Waals surface area contributed by atoms with Gasteiger partial charge in [-0.15, -0.1) is 0 Å². The van der Waals surface area contributed by atoms with Crippen LogP contribution in [0, 0.1) is 5.41 Å². The Morgan fingerprint density at radius 1 is 0.960 bits per heavy atom. The van der Waals surface area contributed by atoms with Crippen LogP contribution in [0.2, 0.25) is 0 Å². The van der Waals surface area contributed by atoms with Crippen LogP contribution in [0.25, 0.3) is 5.57 Å². The molecule has 1 heterocycles. The average Bonchev–Trinajstić information content (AvgIpc) is 2.82. The summed E-state index contributed by atoms with van der Waals surface area (Å²) in [5.41, 5.74) is 3.84. The lowest BCUT2D eigenvalue weighted by Crippen LogP contribution is -2.41. The minimum Gasteiger partial charge on any atom is -0.399 e. The zero-order valence-electron chi connectivity index (χ0n) is 16.8. The van der Waals surface area contributed by atoms with Crippen LogP contribution in [0.4, 0.5) is 0 Å². The molecule has 3 rings (SSSR count). The smallest absolute Gasteiger partial charge is 0.399 e. The summed E-state index contributed by atoms with van der Waals surface area (Å²) in [6.45, 7) is 13.1. The molecule has 1 fully saturated rings. The summed E-state index contributed by atoms with van der Waals surface area (Å²) in [6.07, 6.45) is 8.63. The van der Waals surface area contributed by atoms with E-state index in [1.165, 1.54) is 42.3 Å². The number of rotatable bonds is 4. The summed E-state index contributed by atoms with van der Waals surface area (Å²) in [6, 6.07) is 8.62. The molecule has 0 bridgehead atoms. The van der Waals surface area contributed by atoms with Gasteiger partial charge in [-0.1, -0.05) is 57.0 Å². The first-order valence-electron chi connectivity index (χ1n) is 9.87. The predicted octanol–water partition coefficient (Wildman–Crippen LogP) is 5.36. The van der Waals surface area contributed by atoms with Crippen LogP contribution in [0.5, 0.6) is 0 Å². The summed E-state index contributed by atoms with van der Waals surface area (Å²) < 4.78 is 12.6. The van der Waals surface area contributed by atoms with E-state index in [0.29, 0.717) is 5.41 Å². The highest BCUT2D eigenvalue weighted by atomic mass is 16.7. The van der Waals surface area contributed by atoms with E-state index in [4.69, 9.17) is 9.31 Å². The highest BCUT2D eigenvalue weighted by Crippen LogP contribution is 2.43. The molecule has 0 N–H and O–H groups in total. The van der Waals surface area contributed by atoms with Crippen molar-refractivity contribution in [2.24, 2.45) is 5.41 Å².